The number of aromatic nitrogens is 3. The third-order valence-electron chi connectivity index (χ3n) is 11.7. The highest BCUT2D eigenvalue weighted by Gasteiger charge is 2.20. The highest BCUT2D eigenvalue weighted by atomic mass is 32.1. The third kappa shape index (κ3) is 5.87. The van der Waals surface area contributed by atoms with E-state index in [4.69, 9.17) is 26.5 Å². The maximum atomic E-state index is 9.83. The summed E-state index contributed by atoms with van der Waals surface area (Å²) in [4.78, 5) is 15.1. The van der Waals surface area contributed by atoms with Crippen LogP contribution in [-0.2, 0) is 0 Å². The summed E-state index contributed by atoms with van der Waals surface area (Å²) in [7, 11) is 0. The highest BCUT2D eigenvalue weighted by Crippen LogP contribution is 2.45. The molecule has 0 aliphatic rings. The summed E-state index contributed by atoms with van der Waals surface area (Å²) >= 11 is 1.61. The fraction of sp³-hybridized carbons (Fsp3) is 0. The van der Waals surface area contributed by atoms with Crippen molar-refractivity contribution < 1.29 is 17.1 Å². The van der Waals surface area contributed by atoms with Crippen LogP contribution in [0.4, 0.5) is 0 Å². The lowest BCUT2D eigenvalue weighted by atomic mass is 9.95. The molecule has 6 heteroatoms. The van der Waals surface area contributed by atoms with Gasteiger partial charge in [-0.2, -0.15) is 0 Å². The Morgan fingerprint density at radius 3 is 1.90 bits per heavy atom. The van der Waals surface area contributed by atoms with Crippen LogP contribution in [0.5, 0.6) is 0 Å². The van der Waals surface area contributed by atoms with Crippen LogP contribution >= 0.6 is 11.3 Å². The molecule has 0 unspecified atom stereocenters. The van der Waals surface area contributed by atoms with Gasteiger partial charge in [0.2, 0.25) is 0 Å². The van der Waals surface area contributed by atoms with Gasteiger partial charge in [-0.15, -0.1) is 11.3 Å². The first-order valence-corrected chi connectivity index (χ1v) is 21.3. The van der Waals surface area contributed by atoms with E-state index in [1.165, 1.54) is 0 Å². The molecule has 0 aliphatic heterocycles. The van der Waals surface area contributed by atoms with Crippen molar-refractivity contribution in [3.8, 4) is 67.5 Å². The van der Waals surface area contributed by atoms with Crippen LogP contribution in [0.25, 0.3) is 132 Å². The number of furan rings is 2. The molecule has 294 valence electrons. The van der Waals surface area contributed by atoms with Gasteiger partial charge in [-0.3, -0.25) is 0 Å². The van der Waals surface area contributed by atoms with E-state index >= 15 is 0 Å². The zero-order chi connectivity index (χ0) is 46.7. The van der Waals surface area contributed by atoms with Crippen LogP contribution in [0, 0.1) is 0 Å². The van der Waals surface area contributed by atoms with Crippen molar-refractivity contribution in [1.82, 2.24) is 15.0 Å². The van der Waals surface area contributed by atoms with Gasteiger partial charge in [0.15, 0.2) is 17.5 Å². The molecule has 0 N–H and O–H groups in total. The van der Waals surface area contributed by atoms with Gasteiger partial charge in [-0.25, -0.2) is 15.0 Å². The highest BCUT2D eigenvalue weighted by molar-refractivity contribution is 7.25. The molecule has 63 heavy (non-hydrogen) atoms. The molecule has 0 saturated heterocycles. The van der Waals surface area contributed by atoms with Gasteiger partial charge in [-0.05, 0) is 81.8 Å². The molecule has 0 saturated carbocycles. The van der Waals surface area contributed by atoms with Gasteiger partial charge in [0.05, 0.1) is 8.22 Å². The minimum atomic E-state index is -0.347. The summed E-state index contributed by atoms with van der Waals surface area (Å²) in [6, 6.07) is 51.7. The van der Waals surface area contributed by atoms with E-state index in [9.17, 15) is 5.48 Å². The predicted octanol–water partition coefficient (Wildman–Crippen LogP) is 16.0. The number of rotatable bonds is 6. The zero-order valence-electron chi connectivity index (χ0n) is 39.2. The molecular formula is C57H33N3O2S. The average Bonchev–Trinajstić information content (AvgIpc) is 4.10. The van der Waals surface area contributed by atoms with Crippen LogP contribution in [0.15, 0.2) is 209 Å². The fourth-order valence-electron chi connectivity index (χ4n) is 8.75. The fourth-order valence-corrected chi connectivity index (χ4v) is 9.88. The quantitative estimate of drug-likeness (QED) is 0.167. The number of benzene rings is 9. The third-order valence-corrected chi connectivity index (χ3v) is 12.8. The molecule has 0 radical (unpaired) electrons. The van der Waals surface area contributed by atoms with Crippen molar-refractivity contribution in [3.05, 3.63) is 200 Å². The predicted molar refractivity (Wildman–Crippen MR) is 260 cm³/mol. The number of para-hydroxylation sites is 1. The Morgan fingerprint density at radius 1 is 0.365 bits per heavy atom. The van der Waals surface area contributed by atoms with Crippen LogP contribution in [-0.4, -0.2) is 15.0 Å². The summed E-state index contributed by atoms with van der Waals surface area (Å²) in [5.74, 6) is 0.553. The van der Waals surface area contributed by atoms with Crippen LogP contribution in [0.1, 0.15) is 8.22 Å². The van der Waals surface area contributed by atoms with E-state index in [0.717, 1.165) is 64.4 Å². The van der Waals surface area contributed by atoms with Crippen LogP contribution in [0.3, 0.4) is 0 Å². The molecule has 13 rings (SSSR count). The summed E-state index contributed by atoms with van der Waals surface area (Å²) in [5, 5.41) is 4.21. The number of hydrogen-bond donors (Lipinski definition) is 0. The van der Waals surface area contributed by atoms with E-state index in [1.807, 2.05) is 164 Å². The maximum Gasteiger partial charge on any atom is 0.164 e. The smallest absolute Gasteiger partial charge is 0.164 e. The molecule has 13 aromatic rings. The number of thiophene rings is 1. The Morgan fingerprint density at radius 2 is 1.02 bits per heavy atom. The monoisotopic (exact) mass is 829 g/mol. The summed E-state index contributed by atoms with van der Waals surface area (Å²) in [6.45, 7) is 0. The first-order chi connectivity index (χ1) is 33.7. The van der Waals surface area contributed by atoms with Crippen molar-refractivity contribution in [1.29, 1.82) is 0 Å². The van der Waals surface area contributed by atoms with Crippen molar-refractivity contribution >= 4 is 75.4 Å². The molecule has 0 amide bonds. The first-order valence-electron chi connectivity index (χ1n) is 23.5. The van der Waals surface area contributed by atoms with Crippen molar-refractivity contribution in [2.24, 2.45) is 0 Å². The maximum absolute atomic E-state index is 9.83. The van der Waals surface area contributed by atoms with Crippen molar-refractivity contribution in [2.45, 2.75) is 0 Å². The molecule has 4 aromatic heterocycles. The Hall–Kier alpha value is -8.19. The SMILES string of the molecule is [2H]c1c([2H])c(-c2cccc3sc4ccccc4c23)c2c(oc3c([2H])c(-c4nc(-c5ccc(-c6ccccc6)cc5)nc(-c5ccccc5-c5ccc6c(c5)oc5ccccc56)n4)c([2H])c([2H])c32)c1[2H]. The second-order valence-corrected chi connectivity index (χ2v) is 16.5. The molecule has 4 heterocycles. The topological polar surface area (TPSA) is 65.0 Å². The minimum Gasteiger partial charge on any atom is -0.456 e. The Labute approximate surface area is 373 Å². The van der Waals surface area contributed by atoms with Crippen LogP contribution in [0.2, 0.25) is 0 Å². The zero-order valence-corrected chi connectivity index (χ0v) is 34.0. The van der Waals surface area contributed by atoms with E-state index in [2.05, 4.69) is 0 Å². The van der Waals surface area contributed by atoms with Gasteiger partial charge >= 0.3 is 0 Å². The van der Waals surface area contributed by atoms with E-state index < -0.39 is 0 Å². The largest absolute Gasteiger partial charge is 0.456 e. The Kier molecular flexibility index (Phi) is 6.75. The Bertz CT molecular complexity index is 4280. The summed E-state index contributed by atoms with van der Waals surface area (Å²) in [5.41, 5.74) is 7.35. The van der Waals surface area contributed by atoms with Crippen molar-refractivity contribution in [2.75, 3.05) is 0 Å². The van der Waals surface area contributed by atoms with Gasteiger partial charge < -0.3 is 8.83 Å². The molecule has 0 fully saturated rings. The number of nitrogens with zero attached hydrogens (tertiary/aromatic N) is 3. The lowest BCUT2D eigenvalue weighted by Crippen LogP contribution is -2.01. The molecule has 0 atom stereocenters. The van der Waals surface area contributed by atoms with E-state index in [0.29, 0.717) is 22.3 Å². The molecule has 0 bridgehead atoms. The standard InChI is InChI=1S/C57H33N3O2S/c1-2-12-34(13-3-1)35-24-26-36(27-25-35)55-58-56(60-57(59-55)44-16-5-4-14-39(44)37-28-30-41-40-15-6-8-20-47(40)61-49(41)32-37)38-29-31-45-50(33-38)62-48-21-10-18-42(53(45)48)43-19-11-23-52-54(43)46-17-7-9-22-51(46)63-52/h1-33H/i10D,18D,21D,29D,31D,33D. The lowest BCUT2D eigenvalue weighted by Gasteiger charge is -2.12. The minimum absolute atomic E-state index is 0.0151. The average molecular weight is 830 g/mol. The van der Waals surface area contributed by atoms with Crippen molar-refractivity contribution in [3.63, 3.8) is 0 Å². The number of hydrogen-bond acceptors (Lipinski definition) is 6. The van der Waals surface area contributed by atoms with Gasteiger partial charge in [-0.1, -0.05) is 152 Å². The summed E-state index contributed by atoms with van der Waals surface area (Å²) < 4.78 is 71.4. The Balaban J connectivity index is 1.05. The van der Waals surface area contributed by atoms with Gasteiger partial charge in [0.1, 0.15) is 22.3 Å². The molecule has 0 spiro atoms. The van der Waals surface area contributed by atoms with Gasteiger partial charge in [0, 0.05) is 58.4 Å². The molecule has 0 aliphatic carbocycles. The lowest BCUT2D eigenvalue weighted by molar-refractivity contribution is 0.668. The first kappa shape index (κ1) is 29.9. The van der Waals surface area contributed by atoms with E-state index in [-0.39, 0.29) is 81.2 Å². The molecular weight excluding hydrogens is 791 g/mol. The van der Waals surface area contributed by atoms with Gasteiger partial charge in [0.25, 0.3) is 0 Å². The molecule has 5 nitrogen and oxygen atoms in total. The summed E-state index contributed by atoms with van der Waals surface area (Å²) in [6.07, 6.45) is 0. The molecule has 9 aromatic carbocycles. The second-order valence-electron chi connectivity index (χ2n) is 15.4. The normalized spacial score (nSPS) is 13.1. The van der Waals surface area contributed by atoms with E-state index in [1.54, 1.807) is 11.3 Å². The second kappa shape index (κ2) is 14.2. The van der Waals surface area contributed by atoms with Crippen LogP contribution < -0.4 is 0 Å². The number of fused-ring (bicyclic) bond motifs is 9.